The molecule has 8 nitrogen and oxygen atoms in total. The zero-order chi connectivity index (χ0) is 21.7. The van der Waals surface area contributed by atoms with Crippen LogP contribution in [0.4, 0.5) is 5.95 Å². The topological polar surface area (TPSA) is 89.7 Å². The van der Waals surface area contributed by atoms with Crippen molar-refractivity contribution in [3.63, 3.8) is 0 Å². The second-order valence-corrected chi connectivity index (χ2v) is 9.76. The predicted molar refractivity (Wildman–Crippen MR) is 117 cm³/mol. The summed E-state index contributed by atoms with van der Waals surface area (Å²) in [5.41, 5.74) is 1.04. The Kier molecular flexibility index (Phi) is 4.96. The number of anilines is 1. The first kappa shape index (κ1) is 19.9. The molecule has 1 amide bonds. The molecule has 2 aromatic rings. The number of carbonyl (C=O) groups excluding carboxylic acids is 1. The number of nitrogens with one attached hydrogen (secondary N) is 1. The van der Waals surface area contributed by atoms with E-state index in [1.54, 1.807) is 7.11 Å². The lowest BCUT2D eigenvalue weighted by atomic mass is 9.85. The summed E-state index contributed by atoms with van der Waals surface area (Å²) in [5.74, 6) is 4.23. The summed E-state index contributed by atoms with van der Waals surface area (Å²) in [6, 6.07) is 6.07. The first-order chi connectivity index (χ1) is 15.7. The average molecular weight is 439 g/mol. The molecule has 6 rings (SSSR count). The SMILES string of the molecule is COc1cccc2c1OCC(C(=O)NC1[C@@H]3CC[C@H]1CN(c1noc(C4CCC4)n1)C3)C2. The molecule has 1 saturated heterocycles. The molecule has 4 aliphatic rings. The summed E-state index contributed by atoms with van der Waals surface area (Å²) in [6.07, 6.45) is 6.50. The van der Waals surface area contributed by atoms with E-state index in [4.69, 9.17) is 14.0 Å². The number of nitrogens with zero attached hydrogens (tertiary/aromatic N) is 3. The molecular formula is C24H30N4O4. The molecule has 3 heterocycles. The summed E-state index contributed by atoms with van der Waals surface area (Å²) >= 11 is 0. The average Bonchev–Trinajstić information content (AvgIpc) is 3.33. The van der Waals surface area contributed by atoms with Gasteiger partial charge in [0, 0.05) is 25.0 Å². The van der Waals surface area contributed by atoms with Crippen molar-refractivity contribution in [3.05, 3.63) is 29.7 Å². The Morgan fingerprint density at radius 1 is 1.19 bits per heavy atom. The van der Waals surface area contributed by atoms with Gasteiger partial charge < -0.3 is 24.2 Å². The molecule has 32 heavy (non-hydrogen) atoms. The monoisotopic (exact) mass is 438 g/mol. The van der Waals surface area contributed by atoms with E-state index < -0.39 is 0 Å². The van der Waals surface area contributed by atoms with Gasteiger partial charge >= 0.3 is 0 Å². The number of methoxy groups -OCH3 is 1. The number of amides is 1. The van der Waals surface area contributed by atoms with Gasteiger partial charge in [0.25, 0.3) is 5.95 Å². The van der Waals surface area contributed by atoms with Crippen LogP contribution in [0.25, 0.3) is 0 Å². The van der Waals surface area contributed by atoms with Crippen molar-refractivity contribution in [2.45, 2.75) is 50.5 Å². The van der Waals surface area contributed by atoms with Crippen molar-refractivity contribution in [2.75, 3.05) is 31.7 Å². The van der Waals surface area contributed by atoms with Crippen LogP contribution in [0, 0.1) is 17.8 Å². The molecule has 2 bridgehead atoms. The molecule has 2 aliphatic heterocycles. The van der Waals surface area contributed by atoms with Gasteiger partial charge in [-0.2, -0.15) is 4.98 Å². The predicted octanol–water partition coefficient (Wildman–Crippen LogP) is 2.93. The zero-order valence-corrected chi connectivity index (χ0v) is 18.5. The van der Waals surface area contributed by atoms with Crippen LogP contribution in [0.15, 0.2) is 22.7 Å². The molecule has 0 radical (unpaired) electrons. The molecular weight excluding hydrogens is 408 g/mol. The van der Waals surface area contributed by atoms with Crippen LogP contribution in [-0.4, -0.2) is 48.9 Å². The van der Waals surface area contributed by atoms with E-state index in [0.717, 1.165) is 67.7 Å². The van der Waals surface area contributed by atoms with Crippen LogP contribution in [0.5, 0.6) is 11.5 Å². The van der Waals surface area contributed by atoms with Gasteiger partial charge in [0.1, 0.15) is 6.61 Å². The Balaban J connectivity index is 1.09. The van der Waals surface area contributed by atoms with Crippen LogP contribution in [0.3, 0.4) is 0 Å². The molecule has 8 heteroatoms. The second kappa shape index (κ2) is 7.98. The van der Waals surface area contributed by atoms with Crippen molar-refractivity contribution >= 4 is 11.9 Å². The highest BCUT2D eigenvalue weighted by atomic mass is 16.5. The van der Waals surface area contributed by atoms with Crippen LogP contribution in [0.2, 0.25) is 0 Å². The third kappa shape index (κ3) is 3.40. The zero-order valence-electron chi connectivity index (χ0n) is 18.5. The Morgan fingerprint density at radius 3 is 2.72 bits per heavy atom. The van der Waals surface area contributed by atoms with Gasteiger partial charge in [-0.15, -0.1) is 0 Å². The van der Waals surface area contributed by atoms with E-state index in [1.807, 2.05) is 18.2 Å². The van der Waals surface area contributed by atoms with E-state index in [-0.39, 0.29) is 17.9 Å². The van der Waals surface area contributed by atoms with Crippen molar-refractivity contribution in [1.29, 1.82) is 0 Å². The lowest BCUT2D eigenvalue weighted by molar-refractivity contribution is -0.127. The number of ether oxygens (including phenoxy) is 2. The van der Waals surface area contributed by atoms with E-state index in [0.29, 0.717) is 30.8 Å². The van der Waals surface area contributed by atoms with Crippen LogP contribution in [0.1, 0.15) is 49.5 Å². The van der Waals surface area contributed by atoms with E-state index in [1.165, 1.54) is 6.42 Å². The van der Waals surface area contributed by atoms with Crippen LogP contribution in [-0.2, 0) is 11.2 Å². The highest BCUT2D eigenvalue weighted by molar-refractivity contribution is 5.80. The minimum absolute atomic E-state index is 0.0978. The maximum atomic E-state index is 13.1. The van der Waals surface area contributed by atoms with Gasteiger partial charge in [0.05, 0.1) is 13.0 Å². The number of hydrogen-bond donors (Lipinski definition) is 1. The highest BCUT2D eigenvalue weighted by Gasteiger charge is 2.44. The number of piperidine rings is 1. The molecule has 3 fully saturated rings. The number of carbonyl (C=O) groups is 1. The minimum Gasteiger partial charge on any atom is -0.493 e. The molecule has 1 N–H and O–H groups in total. The largest absolute Gasteiger partial charge is 0.493 e. The Labute approximate surface area is 187 Å². The Morgan fingerprint density at radius 2 is 2.00 bits per heavy atom. The molecule has 4 atom stereocenters. The third-order valence-electron chi connectivity index (χ3n) is 7.86. The lowest BCUT2D eigenvalue weighted by Crippen LogP contribution is -2.54. The molecule has 0 spiro atoms. The van der Waals surface area contributed by atoms with Gasteiger partial charge in [-0.25, -0.2) is 0 Å². The number of fused-ring (bicyclic) bond motifs is 3. The van der Waals surface area contributed by atoms with Crippen LogP contribution >= 0.6 is 0 Å². The first-order valence-corrected chi connectivity index (χ1v) is 11.9. The lowest BCUT2D eigenvalue weighted by Gasteiger charge is -2.38. The normalized spacial score (nSPS) is 29.1. The summed E-state index contributed by atoms with van der Waals surface area (Å²) < 4.78 is 16.9. The quantitative estimate of drug-likeness (QED) is 0.768. The fraction of sp³-hybridized carbons (Fsp3) is 0.625. The summed E-state index contributed by atoms with van der Waals surface area (Å²) in [6.45, 7) is 2.12. The van der Waals surface area contributed by atoms with Crippen molar-refractivity contribution in [3.8, 4) is 11.5 Å². The van der Waals surface area contributed by atoms with Gasteiger partial charge in [-0.1, -0.05) is 18.6 Å². The van der Waals surface area contributed by atoms with E-state index in [2.05, 4.69) is 20.4 Å². The van der Waals surface area contributed by atoms with Gasteiger partial charge in [-0.3, -0.25) is 4.79 Å². The van der Waals surface area contributed by atoms with Crippen molar-refractivity contribution < 1.29 is 18.8 Å². The molecule has 2 aliphatic carbocycles. The third-order valence-corrected chi connectivity index (χ3v) is 7.86. The van der Waals surface area contributed by atoms with E-state index >= 15 is 0 Å². The number of aromatic nitrogens is 2. The standard InChI is InChI=1S/C24H30N4O4/c1-30-19-7-3-6-15-10-18(13-31-21(15)19)22(29)25-20-16-8-9-17(20)12-28(11-16)24-26-23(32-27-24)14-4-2-5-14/h3,6-7,14,16-18,20H,2,4-5,8-13H2,1H3,(H,25,29)/t16-,17+,18?,20?. The molecule has 1 aromatic heterocycles. The van der Waals surface area contributed by atoms with E-state index in [9.17, 15) is 4.79 Å². The smallest absolute Gasteiger partial charge is 0.266 e. The Bertz CT molecular complexity index is 990. The van der Waals surface area contributed by atoms with Gasteiger partial charge in [-0.05, 0) is 60.7 Å². The summed E-state index contributed by atoms with van der Waals surface area (Å²) in [7, 11) is 1.64. The van der Waals surface area contributed by atoms with Crippen molar-refractivity contribution in [1.82, 2.24) is 15.5 Å². The molecule has 2 saturated carbocycles. The molecule has 170 valence electrons. The van der Waals surface area contributed by atoms with Gasteiger partial charge in [0.15, 0.2) is 11.5 Å². The Hall–Kier alpha value is -2.77. The fourth-order valence-corrected chi connectivity index (χ4v) is 5.80. The van der Waals surface area contributed by atoms with Crippen molar-refractivity contribution in [2.24, 2.45) is 17.8 Å². The number of para-hydroxylation sites is 1. The van der Waals surface area contributed by atoms with Crippen LogP contribution < -0.4 is 19.7 Å². The molecule has 1 aromatic carbocycles. The molecule has 2 unspecified atom stereocenters. The number of rotatable bonds is 5. The summed E-state index contributed by atoms with van der Waals surface area (Å²) in [4.78, 5) is 20.1. The maximum absolute atomic E-state index is 13.1. The second-order valence-electron chi connectivity index (χ2n) is 9.76. The maximum Gasteiger partial charge on any atom is 0.266 e. The highest BCUT2D eigenvalue weighted by Crippen LogP contribution is 2.41. The number of hydrogen-bond acceptors (Lipinski definition) is 7. The van der Waals surface area contributed by atoms with Gasteiger partial charge in [0.2, 0.25) is 11.8 Å². The first-order valence-electron chi connectivity index (χ1n) is 11.9. The fourth-order valence-electron chi connectivity index (χ4n) is 5.80. The summed E-state index contributed by atoms with van der Waals surface area (Å²) in [5, 5.41) is 7.64. The minimum atomic E-state index is -0.172. The number of benzene rings is 1.